The zero-order chi connectivity index (χ0) is 40.4. The summed E-state index contributed by atoms with van der Waals surface area (Å²) in [5.74, 6) is 2.82. The molecule has 9 aliphatic carbocycles. The highest BCUT2D eigenvalue weighted by molar-refractivity contribution is 5.87. The molecule has 0 atom stereocenters. The lowest BCUT2D eigenvalue weighted by Crippen LogP contribution is -2.49. The van der Waals surface area contributed by atoms with E-state index >= 15 is 0 Å². The summed E-state index contributed by atoms with van der Waals surface area (Å²) >= 11 is 0. The molecule has 0 aromatic heterocycles. The van der Waals surface area contributed by atoms with Gasteiger partial charge in [0.2, 0.25) is 0 Å². The minimum Gasteiger partial charge on any atom is -0.502 e. The number of unbranched alkanes of at least 4 members (excludes halogenated alkanes) is 3. The third-order valence-electron chi connectivity index (χ3n) is 17.1. The van der Waals surface area contributed by atoms with Crippen LogP contribution in [0.1, 0.15) is 149 Å². The van der Waals surface area contributed by atoms with Gasteiger partial charge in [0.05, 0.1) is 15.3 Å². The first kappa shape index (κ1) is 37.3. The van der Waals surface area contributed by atoms with Crippen LogP contribution in [-0.4, -0.2) is 20.1 Å². The molecule has 0 saturated heterocycles. The minimum atomic E-state index is -1.20. The molecule has 306 valence electrons. The standard InChI is InChI=1S/C51H56N2O6/c1-2-3-4-5-8-30-11-12-40-39-9-6-7-10-41(39)51(42(40)19-30,37-20-43(47(54)45(22-37)52(56)57)49-24-31-13-32(25-49)15-33(14-31)26-49)38-21-44(48(55)46(23-38)53(58)59)50-27-34-16-35(28-50)18-36(17-34)29-50/h6-7,9-12,19-23,31-36,54-55H,2-5,8,13-18,24-29H2,1H3. The zero-order valence-corrected chi connectivity index (χ0v) is 34.3. The van der Waals surface area contributed by atoms with Gasteiger partial charge in [-0.1, -0.05) is 68.7 Å². The van der Waals surface area contributed by atoms with Crippen LogP contribution in [0.15, 0.2) is 66.7 Å². The molecule has 0 amide bonds. The summed E-state index contributed by atoms with van der Waals surface area (Å²) in [6, 6.07) is 22.3. The average Bonchev–Trinajstić information content (AvgIpc) is 3.49. The number of phenols is 2. The molecule has 0 aliphatic heterocycles. The lowest BCUT2D eigenvalue weighted by Gasteiger charge is -2.57. The summed E-state index contributed by atoms with van der Waals surface area (Å²) in [7, 11) is 0. The Morgan fingerprint density at radius 1 is 0.559 bits per heavy atom. The van der Waals surface area contributed by atoms with Crippen LogP contribution < -0.4 is 0 Å². The first-order chi connectivity index (χ1) is 28.5. The van der Waals surface area contributed by atoms with Crippen molar-refractivity contribution in [2.45, 2.75) is 132 Å². The molecule has 8 heteroatoms. The van der Waals surface area contributed by atoms with Crippen molar-refractivity contribution < 1.29 is 20.1 Å². The highest BCUT2D eigenvalue weighted by Crippen LogP contribution is 2.66. The fourth-order valence-corrected chi connectivity index (χ4v) is 15.7. The fourth-order valence-electron chi connectivity index (χ4n) is 15.7. The number of fused-ring (bicyclic) bond motifs is 3. The minimum absolute atomic E-state index is 0.224. The van der Waals surface area contributed by atoms with Crippen molar-refractivity contribution in [3.63, 3.8) is 0 Å². The summed E-state index contributed by atoms with van der Waals surface area (Å²) in [6.45, 7) is 2.21. The number of hydrogen-bond acceptors (Lipinski definition) is 6. The summed E-state index contributed by atoms with van der Waals surface area (Å²) in [4.78, 5) is 25.6. The van der Waals surface area contributed by atoms with Gasteiger partial charge in [0.25, 0.3) is 0 Å². The van der Waals surface area contributed by atoms with Crippen molar-refractivity contribution >= 4 is 11.4 Å². The maximum Gasteiger partial charge on any atom is 0.311 e. The zero-order valence-electron chi connectivity index (χ0n) is 34.3. The van der Waals surface area contributed by atoms with E-state index in [1.165, 1.54) is 44.1 Å². The third kappa shape index (κ3) is 5.52. The Kier molecular flexibility index (Phi) is 8.46. The lowest BCUT2D eigenvalue weighted by atomic mass is 9.47. The number of rotatable bonds is 11. The number of nitro groups is 2. The van der Waals surface area contributed by atoms with Gasteiger partial charge in [-0.15, -0.1) is 0 Å². The van der Waals surface area contributed by atoms with E-state index in [2.05, 4.69) is 49.4 Å². The highest BCUT2D eigenvalue weighted by Gasteiger charge is 2.57. The van der Waals surface area contributed by atoms with Gasteiger partial charge in [0.15, 0.2) is 11.5 Å². The van der Waals surface area contributed by atoms with E-state index in [1.54, 1.807) is 12.1 Å². The van der Waals surface area contributed by atoms with Crippen LogP contribution in [0.25, 0.3) is 11.1 Å². The maximum atomic E-state index is 13.3. The molecule has 8 nitrogen and oxygen atoms in total. The van der Waals surface area contributed by atoms with Crippen molar-refractivity contribution in [2.24, 2.45) is 35.5 Å². The summed E-state index contributed by atoms with van der Waals surface area (Å²) < 4.78 is 0. The summed E-state index contributed by atoms with van der Waals surface area (Å²) in [6.07, 6.45) is 18.0. The summed E-state index contributed by atoms with van der Waals surface area (Å²) in [5.41, 5.74) is 5.21. The van der Waals surface area contributed by atoms with Crippen LogP contribution in [0.4, 0.5) is 11.4 Å². The van der Waals surface area contributed by atoms with Gasteiger partial charge < -0.3 is 10.2 Å². The molecular weight excluding hydrogens is 737 g/mol. The number of nitrogens with zero attached hydrogens (tertiary/aromatic N) is 2. The second-order valence-electron chi connectivity index (χ2n) is 20.7. The van der Waals surface area contributed by atoms with Crippen LogP contribution >= 0.6 is 0 Å². The van der Waals surface area contributed by atoms with Gasteiger partial charge >= 0.3 is 11.4 Å². The predicted octanol–water partition coefficient (Wildman–Crippen LogP) is 12.3. The number of aromatic hydroxyl groups is 2. The lowest BCUT2D eigenvalue weighted by molar-refractivity contribution is -0.386. The molecule has 4 aromatic carbocycles. The van der Waals surface area contributed by atoms with Crippen LogP contribution in [0.3, 0.4) is 0 Å². The number of hydrogen-bond donors (Lipinski definition) is 2. The van der Waals surface area contributed by atoms with E-state index in [1.807, 2.05) is 12.1 Å². The van der Waals surface area contributed by atoms with Gasteiger partial charge in [-0.2, -0.15) is 0 Å². The monoisotopic (exact) mass is 792 g/mol. The van der Waals surface area contributed by atoms with E-state index in [9.17, 15) is 30.4 Å². The highest BCUT2D eigenvalue weighted by atomic mass is 16.6. The van der Waals surface area contributed by atoms with Gasteiger partial charge in [-0.25, -0.2) is 0 Å². The SMILES string of the molecule is CCCCCCc1ccc2c(c1)C(c1cc([N+](=O)[O-])c(O)c(C34CC5CC(CC(C5)C3)C4)c1)(c1cc([N+](=O)[O-])c(O)c(C34CC5CC(CC(C5)C3)C4)c1)c1ccccc1-2. The largest absolute Gasteiger partial charge is 0.502 e. The van der Waals surface area contributed by atoms with Gasteiger partial charge in [-0.3, -0.25) is 20.2 Å². The molecular formula is C51H56N2O6. The molecule has 0 spiro atoms. The molecule has 4 aromatic rings. The molecule has 0 radical (unpaired) electrons. The molecule has 13 rings (SSSR count). The molecule has 0 heterocycles. The van der Waals surface area contributed by atoms with E-state index in [0.29, 0.717) is 57.8 Å². The molecule has 8 fully saturated rings. The number of aryl methyl sites for hydroxylation is 1. The Balaban J connectivity index is 1.22. The van der Waals surface area contributed by atoms with Gasteiger partial charge in [0, 0.05) is 34.1 Å². The second-order valence-corrected chi connectivity index (χ2v) is 20.7. The Hall–Kier alpha value is -4.72. The van der Waals surface area contributed by atoms with E-state index in [0.717, 1.165) is 92.9 Å². The fraction of sp³-hybridized carbons (Fsp3) is 0.529. The second kappa shape index (κ2) is 13.4. The van der Waals surface area contributed by atoms with Gasteiger partial charge in [-0.05, 0) is 176 Å². The number of benzene rings is 4. The van der Waals surface area contributed by atoms with Crippen molar-refractivity contribution in [1.29, 1.82) is 0 Å². The Labute approximate surface area is 346 Å². The first-order valence-corrected chi connectivity index (χ1v) is 22.8. The van der Waals surface area contributed by atoms with Crippen molar-refractivity contribution in [2.75, 3.05) is 0 Å². The van der Waals surface area contributed by atoms with E-state index in [-0.39, 0.29) is 33.7 Å². The third-order valence-corrected chi connectivity index (χ3v) is 17.1. The maximum absolute atomic E-state index is 13.3. The normalized spacial score (nSPS) is 33.0. The molecule has 9 aliphatic rings. The molecule has 59 heavy (non-hydrogen) atoms. The van der Waals surface area contributed by atoms with Crippen LogP contribution in [0.5, 0.6) is 11.5 Å². The Morgan fingerprint density at radius 3 is 1.47 bits per heavy atom. The Bertz CT molecular complexity index is 2230. The predicted molar refractivity (Wildman–Crippen MR) is 228 cm³/mol. The smallest absolute Gasteiger partial charge is 0.311 e. The quantitative estimate of drug-likeness (QED) is 0.0779. The number of nitro benzene ring substituents is 2. The average molecular weight is 793 g/mol. The van der Waals surface area contributed by atoms with E-state index < -0.39 is 15.3 Å². The van der Waals surface area contributed by atoms with Gasteiger partial charge in [0.1, 0.15) is 0 Å². The molecule has 8 saturated carbocycles. The van der Waals surface area contributed by atoms with Crippen molar-refractivity contribution in [1.82, 2.24) is 0 Å². The van der Waals surface area contributed by atoms with Crippen LogP contribution in [0, 0.1) is 55.7 Å². The number of phenolic OH excluding ortho intramolecular Hbond substituents is 2. The Morgan fingerprint density at radius 2 is 1.02 bits per heavy atom. The van der Waals surface area contributed by atoms with Crippen LogP contribution in [-0.2, 0) is 22.7 Å². The topological polar surface area (TPSA) is 127 Å². The molecule has 0 unspecified atom stereocenters. The molecule has 8 bridgehead atoms. The molecule has 2 N–H and O–H groups in total. The first-order valence-electron chi connectivity index (χ1n) is 22.8. The van der Waals surface area contributed by atoms with Crippen molar-refractivity contribution in [3.05, 3.63) is 126 Å². The van der Waals surface area contributed by atoms with E-state index in [4.69, 9.17) is 0 Å². The van der Waals surface area contributed by atoms with Crippen LogP contribution in [0.2, 0.25) is 0 Å². The summed E-state index contributed by atoms with van der Waals surface area (Å²) in [5, 5.41) is 50.8. The van der Waals surface area contributed by atoms with Crippen molar-refractivity contribution in [3.8, 4) is 22.6 Å².